The zero-order valence-corrected chi connectivity index (χ0v) is 13.2. The highest BCUT2D eigenvalue weighted by Crippen LogP contribution is 2.17. The number of carbonyl (C=O) groups is 1. The normalized spacial score (nSPS) is 12.3. The average Bonchev–Trinajstić information content (AvgIpc) is 2.89. The van der Waals surface area contributed by atoms with Crippen molar-refractivity contribution in [3.05, 3.63) is 69.7 Å². The minimum absolute atomic E-state index is 0.256. The molecule has 0 radical (unpaired) electrons. The molecule has 0 aliphatic carbocycles. The summed E-state index contributed by atoms with van der Waals surface area (Å²) in [4.78, 5) is 24.3. The third-order valence-corrected chi connectivity index (χ3v) is 3.92. The molecule has 1 aromatic heterocycles. The van der Waals surface area contributed by atoms with E-state index in [0.717, 1.165) is 5.56 Å². The number of nitrogens with one attached hydrogen (secondary N) is 1. The molecule has 3 rings (SSSR count). The molecule has 5 nitrogen and oxygen atoms in total. The molecule has 0 bridgehead atoms. The Labute approximate surface area is 137 Å². The second kappa shape index (κ2) is 6.30. The first-order valence-electron chi connectivity index (χ1n) is 7.18. The molecule has 0 aliphatic rings. The molecule has 0 saturated heterocycles. The monoisotopic (exact) mass is 330 g/mol. The van der Waals surface area contributed by atoms with Gasteiger partial charge in [-0.2, -0.15) is 0 Å². The van der Waals surface area contributed by atoms with E-state index in [1.807, 2.05) is 12.1 Å². The highest BCUT2D eigenvalue weighted by molar-refractivity contribution is 6.30. The number of nitrogens with zero attached hydrogens (tertiary/aromatic N) is 1. The highest BCUT2D eigenvalue weighted by Gasteiger charge is 2.20. The van der Waals surface area contributed by atoms with E-state index in [0.29, 0.717) is 22.7 Å². The maximum atomic E-state index is 12.3. The van der Waals surface area contributed by atoms with Crippen molar-refractivity contribution in [1.82, 2.24) is 9.88 Å². The summed E-state index contributed by atoms with van der Waals surface area (Å²) in [7, 11) is 0. The summed E-state index contributed by atoms with van der Waals surface area (Å²) in [5.41, 5.74) is 2.00. The van der Waals surface area contributed by atoms with Crippen molar-refractivity contribution in [2.45, 2.75) is 19.5 Å². The van der Waals surface area contributed by atoms with E-state index in [1.165, 1.54) is 4.57 Å². The summed E-state index contributed by atoms with van der Waals surface area (Å²) in [6.07, 6.45) is 0. The van der Waals surface area contributed by atoms with Gasteiger partial charge in [-0.1, -0.05) is 35.9 Å². The Hall–Kier alpha value is -2.53. The molecule has 1 unspecified atom stereocenters. The van der Waals surface area contributed by atoms with Crippen molar-refractivity contribution in [3.63, 3.8) is 0 Å². The number of carbonyl (C=O) groups excluding carboxylic acids is 1. The first-order valence-corrected chi connectivity index (χ1v) is 7.56. The van der Waals surface area contributed by atoms with Gasteiger partial charge >= 0.3 is 5.76 Å². The van der Waals surface area contributed by atoms with Crippen molar-refractivity contribution in [2.75, 3.05) is 0 Å². The van der Waals surface area contributed by atoms with Crippen LogP contribution in [0.4, 0.5) is 0 Å². The van der Waals surface area contributed by atoms with Crippen LogP contribution in [0.1, 0.15) is 18.5 Å². The van der Waals surface area contributed by atoms with Crippen LogP contribution in [0.2, 0.25) is 5.02 Å². The number of aromatic nitrogens is 1. The second-order valence-corrected chi connectivity index (χ2v) is 5.66. The first kappa shape index (κ1) is 15.4. The molecule has 1 atom stereocenters. The van der Waals surface area contributed by atoms with Crippen LogP contribution in [0, 0.1) is 0 Å². The summed E-state index contributed by atoms with van der Waals surface area (Å²) in [5.74, 6) is -0.797. The van der Waals surface area contributed by atoms with Crippen LogP contribution >= 0.6 is 11.6 Å². The molecule has 2 aromatic carbocycles. The van der Waals surface area contributed by atoms with E-state index in [9.17, 15) is 9.59 Å². The third kappa shape index (κ3) is 3.14. The predicted octanol–water partition coefficient (Wildman–Crippen LogP) is 3.13. The number of hydrogen-bond acceptors (Lipinski definition) is 3. The molecular formula is C17H15ClN2O3. The molecule has 0 aliphatic heterocycles. The Morgan fingerprint density at radius 1 is 1.22 bits per heavy atom. The lowest BCUT2D eigenvalue weighted by atomic mass is 10.2. The summed E-state index contributed by atoms with van der Waals surface area (Å²) in [6.45, 7) is 2.03. The van der Waals surface area contributed by atoms with Gasteiger partial charge in [-0.15, -0.1) is 0 Å². The van der Waals surface area contributed by atoms with Crippen LogP contribution in [0.5, 0.6) is 0 Å². The Morgan fingerprint density at radius 2 is 1.91 bits per heavy atom. The summed E-state index contributed by atoms with van der Waals surface area (Å²) < 4.78 is 6.51. The number of hydrogen-bond donors (Lipinski definition) is 1. The number of amides is 1. The molecule has 23 heavy (non-hydrogen) atoms. The van der Waals surface area contributed by atoms with E-state index in [4.69, 9.17) is 16.0 Å². The molecule has 1 amide bonds. The standard InChI is InChI=1S/C17H15ClN2O3/c1-11(16(21)19-10-12-6-8-13(18)9-7-12)20-14-4-2-3-5-15(14)23-17(20)22/h2-9,11H,10H2,1H3,(H,19,21). The topological polar surface area (TPSA) is 64.2 Å². The Balaban J connectivity index is 1.77. The number of para-hydroxylation sites is 2. The molecular weight excluding hydrogens is 316 g/mol. The second-order valence-electron chi connectivity index (χ2n) is 5.23. The van der Waals surface area contributed by atoms with Crippen LogP contribution in [0.3, 0.4) is 0 Å². The van der Waals surface area contributed by atoms with Crippen molar-refractivity contribution in [3.8, 4) is 0 Å². The van der Waals surface area contributed by atoms with Crippen LogP contribution in [-0.4, -0.2) is 10.5 Å². The maximum absolute atomic E-state index is 12.3. The van der Waals surface area contributed by atoms with Gasteiger partial charge in [-0.25, -0.2) is 4.79 Å². The predicted molar refractivity (Wildman–Crippen MR) is 88.5 cm³/mol. The van der Waals surface area contributed by atoms with Gasteiger partial charge < -0.3 is 9.73 Å². The maximum Gasteiger partial charge on any atom is 0.420 e. The Morgan fingerprint density at radius 3 is 2.65 bits per heavy atom. The zero-order chi connectivity index (χ0) is 16.4. The van der Waals surface area contributed by atoms with Crippen molar-refractivity contribution in [1.29, 1.82) is 0 Å². The fourth-order valence-corrected chi connectivity index (χ4v) is 2.53. The SMILES string of the molecule is CC(C(=O)NCc1ccc(Cl)cc1)n1c(=O)oc2ccccc21. The van der Waals surface area contributed by atoms with Gasteiger partial charge in [0, 0.05) is 11.6 Å². The van der Waals surface area contributed by atoms with Crippen molar-refractivity contribution < 1.29 is 9.21 Å². The zero-order valence-electron chi connectivity index (χ0n) is 12.5. The van der Waals surface area contributed by atoms with Crippen molar-refractivity contribution in [2.24, 2.45) is 0 Å². The van der Waals surface area contributed by atoms with Gasteiger partial charge in [-0.05, 0) is 36.8 Å². The van der Waals surface area contributed by atoms with E-state index in [1.54, 1.807) is 43.3 Å². The molecule has 1 heterocycles. The largest absolute Gasteiger partial charge is 0.420 e. The fraction of sp³-hybridized carbons (Fsp3) is 0.176. The lowest BCUT2D eigenvalue weighted by molar-refractivity contribution is -0.124. The molecule has 3 aromatic rings. The smallest absolute Gasteiger partial charge is 0.408 e. The molecule has 0 saturated carbocycles. The lowest BCUT2D eigenvalue weighted by Gasteiger charge is -2.13. The number of benzene rings is 2. The van der Waals surface area contributed by atoms with Crippen LogP contribution in [0.25, 0.3) is 11.1 Å². The molecule has 1 N–H and O–H groups in total. The summed E-state index contributed by atoms with van der Waals surface area (Å²) in [6, 6.07) is 13.6. The third-order valence-electron chi connectivity index (χ3n) is 3.67. The minimum Gasteiger partial charge on any atom is -0.408 e. The number of halogens is 1. The number of oxazole rings is 1. The lowest BCUT2D eigenvalue weighted by Crippen LogP contribution is -2.34. The van der Waals surface area contributed by atoms with Gasteiger partial charge in [-0.3, -0.25) is 9.36 Å². The fourth-order valence-electron chi connectivity index (χ4n) is 2.41. The van der Waals surface area contributed by atoms with E-state index in [-0.39, 0.29) is 5.91 Å². The molecule has 0 fully saturated rings. The molecule has 118 valence electrons. The van der Waals surface area contributed by atoms with E-state index in [2.05, 4.69) is 5.32 Å². The van der Waals surface area contributed by atoms with Crippen LogP contribution < -0.4 is 11.1 Å². The Bertz CT molecular complexity index is 896. The highest BCUT2D eigenvalue weighted by atomic mass is 35.5. The molecule has 6 heteroatoms. The van der Waals surface area contributed by atoms with E-state index < -0.39 is 11.8 Å². The van der Waals surface area contributed by atoms with Gasteiger partial charge in [0.25, 0.3) is 0 Å². The number of rotatable bonds is 4. The average molecular weight is 331 g/mol. The summed E-state index contributed by atoms with van der Waals surface area (Å²) >= 11 is 5.83. The van der Waals surface area contributed by atoms with Crippen molar-refractivity contribution >= 4 is 28.6 Å². The van der Waals surface area contributed by atoms with Crippen LogP contribution in [-0.2, 0) is 11.3 Å². The van der Waals surface area contributed by atoms with Crippen LogP contribution in [0.15, 0.2) is 57.7 Å². The summed E-state index contributed by atoms with van der Waals surface area (Å²) in [5, 5.41) is 3.46. The van der Waals surface area contributed by atoms with Gasteiger partial charge in [0.15, 0.2) is 5.58 Å². The first-order chi connectivity index (χ1) is 11.1. The Kier molecular flexibility index (Phi) is 4.21. The quantitative estimate of drug-likeness (QED) is 0.799. The minimum atomic E-state index is -0.668. The van der Waals surface area contributed by atoms with E-state index >= 15 is 0 Å². The van der Waals surface area contributed by atoms with Gasteiger partial charge in [0.05, 0.1) is 5.52 Å². The van der Waals surface area contributed by atoms with Gasteiger partial charge in [0.2, 0.25) is 5.91 Å². The molecule has 0 spiro atoms. The number of fused-ring (bicyclic) bond motifs is 1. The van der Waals surface area contributed by atoms with Gasteiger partial charge in [0.1, 0.15) is 6.04 Å².